The Bertz CT molecular complexity index is 2500. The topological polar surface area (TPSA) is 35.9 Å². The van der Waals surface area contributed by atoms with Crippen LogP contribution in [0.1, 0.15) is 37.5 Å². The Kier molecular flexibility index (Phi) is 8.31. The quantitative estimate of drug-likeness (QED) is 0.137. The minimum absolute atomic E-state index is 0. The molecule has 3 aromatic heterocycles. The molecule has 8 rings (SSSR count). The summed E-state index contributed by atoms with van der Waals surface area (Å²) >= 11 is 0. The first-order valence-corrected chi connectivity index (χ1v) is 16.5. The van der Waals surface area contributed by atoms with E-state index in [-0.39, 0.29) is 29.4 Å². The Balaban J connectivity index is 0.00000378. The number of hydrogen-bond acceptors (Lipinski definition) is 2. The van der Waals surface area contributed by atoms with Crippen molar-refractivity contribution in [2.45, 2.75) is 40.0 Å². The summed E-state index contributed by atoms with van der Waals surface area (Å²) in [4.78, 5) is 4.91. The van der Waals surface area contributed by atoms with Crippen molar-refractivity contribution in [1.82, 2.24) is 14.1 Å². The van der Waals surface area contributed by atoms with Crippen LogP contribution in [0.2, 0.25) is 0 Å². The molecule has 5 nitrogen and oxygen atoms in total. The van der Waals surface area contributed by atoms with E-state index in [4.69, 9.17) is 9.72 Å². The summed E-state index contributed by atoms with van der Waals surface area (Å²) in [5, 5.41) is 2.35. The van der Waals surface area contributed by atoms with Crippen molar-refractivity contribution in [2.24, 2.45) is 7.05 Å². The fourth-order valence-corrected chi connectivity index (χ4v) is 7.05. The summed E-state index contributed by atoms with van der Waals surface area (Å²) in [5.41, 5.74) is 11.8. The summed E-state index contributed by atoms with van der Waals surface area (Å²) in [5.74, 6) is 2.45. The number of aryl methyl sites for hydroxylation is 3. The lowest BCUT2D eigenvalue weighted by molar-refractivity contribution is -0.645. The number of aromatic nitrogens is 4. The Morgan fingerprint density at radius 2 is 1.43 bits per heavy atom. The van der Waals surface area contributed by atoms with Crippen LogP contribution in [0, 0.1) is 13.8 Å². The molecule has 0 fully saturated rings. The number of benzene rings is 5. The molecule has 0 atom stereocenters. The Labute approximate surface area is 304 Å². The van der Waals surface area contributed by atoms with Crippen molar-refractivity contribution in [1.29, 1.82) is 0 Å². The summed E-state index contributed by atoms with van der Waals surface area (Å²) in [6, 6.07) is 40.8. The van der Waals surface area contributed by atoms with Crippen molar-refractivity contribution < 1.29 is 33.3 Å². The number of rotatable bonds is 5. The molecule has 0 saturated heterocycles. The van der Waals surface area contributed by atoms with Gasteiger partial charge in [0.25, 0.3) is 0 Å². The van der Waals surface area contributed by atoms with Gasteiger partial charge < -0.3 is 28.7 Å². The van der Waals surface area contributed by atoms with Gasteiger partial charge in [0.2, 0.25) is 6.33 Å². The molecule has 8 aromatic rings. The third kappa shape index (κ3) is 5.78. The minimum Gasteiger partial charge on any atom is -1.00 e. The van der Waals surface area contributed by atoms with E-state index in [1.54, 1.807) is 0 Å². The molecular formula is C43H39IN4O. The number of ether oxygens (including phenoxy) is 1. The van der Waals surface area contributed by atoms with Crippen LogP contribution in [0.5, 0.6) is 11.5 Å². The molecule has 6 heteroatoms. The molecule has 0 radical (unpaired) electrons. The molecule has 0 bridgehead atoms. The van der Waals surface area contributed by atoms with Gasteiger partial charge in [-0.3, -0.25) is 4.57 Å². The first kappa shape index (κ1) is 32.6. The van der Waals surface area contributed by atoms with Crippen LogP contribution < -0.4 is 33.3 Å². The highest BCUT2D eigenvalue weighted by Gasteiger charge is 2.20. The van der Waals surface area contributed by atoms with Crippen molar-refractivity contribution >= 4 is 32.8 Å². The molecule has 0 aliphatic heterocycles. The summed E-state index contributed by atoms with van der Waals surface area (Å²) in [6.45, 7) is 11.1. The number of halogens is 1. The van der Waals surface area contributed by atoms with Gasteiger partial charge in [0, 0.05) is 29.1 Å². The molecule has 5 aromatic carbocycles. The number of imidazole rings is 1. The molecule has 0 unspecified atom stereocenters. The number of hydrogen-bond donors (Lipinski definition) is 0. The lowest BCUT2D eigenvalue weighted by Crippen LogP contribution is -3.00. The highest BCUT2D eigenvalue weighted by molar-refractivity contribution is 6.10. The zero-order chi connectivity index (χ0) is 33.2. The average Bonchev–Trinajstić information content (AvgIpc) is 3.58. The molecule has 0 saturated carbocycles. The predicted molar refractivity (Wildman–Crippen MR) is 197 cm³/mol. The van der Waals surface area contributed by atoms with Crippen molar-refractivity contribution in [3.8, 4) is 34.1 Å². The molecule has 0 N–H and O–H groups in total. The minimum atomic E-state index is -0.00659. The second-order valence-corrected chi connectivity index (χ2v) is 13.9. The second kappa shape index (κ2) is 12.5. The molecule has 0 spiro atoms. The predicted octanol–water partition coefficient (Wildman–Crippen LogP) is 7.32. The summed E-state index contributed by atoms with van der Waals surface area (Å²) in [7, 11) is 2.07. The average molecular weight is 755 g/mol. The SMILES string of the molecule is Cc1cccc(C)c1-c1ccc2c(c1)c1ccc(Oc3cccc(-n4c[n+](C)c5ccccc54)c3)cc1n2-c1cc(C(C)(C)C)ccn1.[I-]. The van der Waals surface area contributed by atoms with Gasteiger partial charge in [-0.1, -0.05) is 63.2 Å². The zero-order valence-corrected chi connectivity index (χ0v) is 30.9. The van der Waals surface area contributed by atoms with E-state index in [0.717, 1.165) is 44.9 Å². The molecule has 0 amide bonds. The van der Waals surface area contributed by atoms with Crippen molar-refractivity contribution in [3.63, 3.8) is 0 Å². The van der Waals surface area contributed by atoms with Gasteiger partial charge in [-0.2, -0.15) is 4.57 Å². The first-order chi connectivity index (χ1) is 23.2. The first-order valence-electron chi connectivity index (χ1n) is 16.5. The van der Waals surface area contributed by atoms with Crippen LogP contribution in [0.15, 0.2) is 128 Å². The summed E-state index contributed by atoms with van der Waals surface area (Å²) < 4.78 is 13.2. The van der Waals surface area contributed by atoms with E-state index in [1.807, 2.05) is 18.3 Å². The van der Waals surface area contributed by atoms with E-state index < -0.39 is 0 Å². The van der Waals surface area contributed by atoms with E-state index in [2.05, 4.69) is 165 Å². The third-order valence-corrected chi connectivity index (χ3v) is 9.49. The Morgan fingerprint density at radius 1 is 0.673 bits per heavy atom. The van der Waals surface area contributed by atoms with E-state index >= 15 is 0 Å². The lowest BCUT2D eigenvalue weighted by atomic mass is 9.88. The standard InChI is InChI=1S/C43H39N4O.HI/c1-28-11-9-12-29(2)42(28)30-17-20-37-36(23-30)35-19-18-34(26-40(35)47(37)41-24-31(21-22-44-41)43(3,4)5)48-33-14-10-13-32(25-33)46-27-45(6)38-15-7-8-16-39(38)46;/h7-27H,1-6H3;1H/q+1;/p-1. The lowest BCUT2D eigenvalue weighted by Gasteiger charge is -2.20. The van der Waals surface area contributed by atoms with Gasteiger partial charge in [0.15, 0.2) is 11.0 Å². The van der Waals surface area contributed by atoms with E-state index in [1.165, 1.54) is 38.7 Å². The maximum absolute atomic E-state index is 6.60. The molecule has 3 heterocycles. The molecule has 0 aliphatic rings. The number of para-hydroxylation sites is 2. The second-order valence-electron chi connectivity index (χ2n) is 13.9. The van der Waals surface area contributed by atoms with Gasteiger partial charge >= 0.3 is 0 Å². The van der Waals surface area contributed by atoms with Crippen molar-refractivity contribution in [2.75, 3.05) is 0 Å². The zero-order valence-electron chi connectivity index (χ0n) is 28.7. The van der Waals surface area contributed by atoms with Crippen molar-refractivity contribution in [3.05, 3.63) is 144 Å². The molecule has 0 aliphatic carbocycles. The van der Waals surface area contributed by atoms with Crippen LogP contribution >= 0.6 is 0 Å². The largest absolute Gasteiger partial charge is 1.00 e. The highest BCUT2D eigenvalue weighted by Crippen LogP contribution is 2.39. The molecule has 49 heavy (non-hydrogen) atoms. The van der Waals surface area contributed by atoms with Crippen LogP contribution in [0.25, 0.3) is 55.5 Å². The van der Waals surface area contributed by atoms with Crippen LogP contribution in [0.3, 0.4) is 0 Å². The van der Waals surface area contributed by atoms with Gasteiger partial charge in [-0.25, -0.2) is 9.55 Å². The summed E-state index contributed by atoms with van der Waals surface area (Å²) in [6.07, 6.45) is 4.04. The van der Waals surface area contributed by atoms with Crippen LogP contribution in [-0.2, 0) is 12.5 Å². The fourth-order valence-electron chi connectivity index (χ4n) is 7.05. The smallest absolute Gasteiger partial charge is 0.249 e. The van der Waals surface area contributed by atoms with Crippen LogP contribution in [0.4, 0.5) is 0 Å². The monoisotopic (exact) mass is 754 g/mol. The number of nitrogens with zero attached hydrogens (tertiary/aromatic N) is 4. The Morgan fingerprint density at radius 3 is 2.22 bits per heavy atom. The fraction of sp³-hybridized carbons (Fsp3) is 0.163. The highest BCUT2D eigenvalue weighted by atomic mass is 127. The third-order valence-electron chi connectivity index (χ3n) is 9.49. The Hall–Kier alpha value is -4.95. The number of fused-ring (bicyclic) bond motifs is 4. The normalized spacial score (nSPS) is 11.7. The van der Waals surface area contributed by atoms with E-state index in [9.17, 15) is 0 Å². The molecule has 244 valence electrons. The van der Waals surface area contributed by atoms with Crippen LogP contribution in [-0.4, -0.2) is 14.1 Å². The van der Waals surface area contributed by atoms with Gasteiger partial charge in [0.05, 0.1) is 18.1 Å². The maximum atomic E-state index is 6.60. The number of pyridine rings is 1. The van der Waals surface area contributed by atoms with Gasteiger partial charge in [0.1, 0.15) is 23.0 Å². The van der Waals surface area contributed by atoms with E-state index in [0.29, 0.717) is 0 Å². The van der Waals surface area contributed by atoms with Gasteiger partial charge in [-0.15, -0.1) is 0 Å². The van der Waals surface area contributed by atoms with Gasteiger partial charge in [-0.05, 0) is 108 Å². The molecular weight excluding hydrogens is 715 g/mol. The maximum Gasteiger partial charge on any atom is 0.249 e.